The molecule has 0 aromatic heterocycles. The number of amides is 1. The monoisotopic (exact) mass is 388 g/mol. The molecule has 2 aromatic rings. The Morgan fingerprint density at radius 1 is 1.26 bits per heavy atom. The van der Waals surface area contributed by atoms with E-state index in [1.54, 1.807) is 30.3 Å². The molecule has 8 heteroatoms. The lowest BCUT2D eigenvalue weighted by Gasteiger charge is -2.18. The number of nitrogens with one attached hydrogen (secondary N) is 1. The Balaban J connectivity index is 1.81. The second-order valence-electron chi connectivity index (χ2n) is 6.46. The van der Waals surface area contributed by atoms with E-state index in [1.807, 2.05) is 6.92 Å². The van der Waals surface area contributed by atoms with Crippen molar-refractivity contribution in [2.24, 2.45) is 11.8 Å². The second kappa shape index (κ2) is 7.75. The lowest BCUT2D eigenvalue weighted by molar-refractivity contribution is -0.384. The van der Waals surface area contributed by atoms with Crippen molar-refractivity contribution < 1.29 is 19.2 Å². The Bertz CT molecular complexity index is 887. The minimum atomic E-state index is -1.15. The minimum absolute atomic E-state index is 0.0354. The van der Waals surface area contributed by atoms with Crippen molar-refractivity contribution in [3.05, 3.63) is 69.2 Å². The zero-order valence-corrected chi connectivity index (χ0v) is 15.2. The van der Waals surface area contributed by atoms with E-state index in [0.717, 1.165) is 12.5 Å². The summed E-state index contributed by atoms with van der Waals surface area (Å²) in [6.07, 6.45) is -0.410. The van der Waals surface area contributed by atoms with E-state index in [4.69, 9.17) is 16.3 Å². The van der Waals surface area contributed by atoms with E-state index in [9.17, 15) is 19.7 Å². The van der Waals surface area contributed by atoms with Gasteiger partial charge in [0.05, 0.1) is 10.8 Å². The van der Waals surface area contributed by atoms with Gasteiger partial charge in [0.25, 0.3) is 11.6 Å². The molecule has 1 aliphatic rings. The fourth-order valence-electron chi connectivity index (χ4n) is 2.69. The third kappa shape index (κ3) is 4.43. The average molecular weight is 389 g/mol. The summed E-state index contributed by atoms with van der Waals surface area (Å²) in [6.45, 7) is 1.94. The number of rotatable bonds is 6. The fourth-order valence-corrected chi connectivity index (χ4v) is 2.88. The van der Waals surface area contributed by atoms with E-state index < -0.39 is 22.9 Å². The van der Waals surface area contributed by atoms with E-state index in [1.165, 1.54) is 12.1 Å². The number of benzene rings is 2. The zero-order valence-electron chi connectivity index (χ0n) is 14.4. The van der Waals surface area contributed by atoms with Crippen molar-refractivity contribution in [2.45, 2.75) is 19.4 Å². The van der Waals surface area contributed by atoms with Crippen molar-refractivity contribution in [2.75, 3.05) is 5.32 Å². The number of carbonyl (C=O) groups excluding carboxylic acids is 2. The van der Waals surface area contributed by atoms with Gasteiger partial charge in [-0.3, -0.25) is 19.7 Å². The van der Waals surface area contributed by atoms with Gasteiger partial charge in [-0.05, 0) is 24.5 Å². The zero-order chi connectivity index (χ0) is 19.6. The molecule has 0 saturated heterocycles. The number of nitro benzene ring substituents is 1. The van der Waals surface area contributed by atoms with Crippen LogP contribution < -0.4 is 5.32 Å². The van der Waals surface area contributed by atoms with Crippen LogP contribution in [0.25, 0.3) is 0 Å². The van der Waals surface area contributed by atoms with Crippen molar-refractivity contribution in [1.29, 1.82) is 0 Å². The van der Waals surface area contributed by atoms with Gasteiger partial charge in [0.15, 0.2) is 0 Å². The summed E-state index contributed by atoms with van der Waals surface area (Å²) in [7, 11) is 0. The van der Waals surface area contributed by atoms with Crippen LogP contribution in [0.5, 0.6) is 0 Å². The molecule has 1 fully saturated rings. The highest BCUT2D eigenvalue weighted by atomic mass is 35.5. The van der Waals surface area contributed by atoms with Gasteiger partial charge >= 0.3 is 5.97 Å². The quantitative estimate of drug-likeness (QED) is 0.455. The van der Waals surface area contributed by atoms with E-state index in [2.05, 4.69) is 5.32 Å². The van der Waals surface area contributed by atoms with E-state index in [0.29, 0.717) is 5.56 Å². The number of anilines is 1. The molecule has 3 rings (SSSR count). The topological polar surface area (TPSA) is 98.5 Å². The van der Waals surface area contributed by atoms with Crippen molar-refractivity contribution in [3.63, 3.8) is 0 Å². The highest BCUT2D eigenvalue weighted by Gasteiger charge is 2.42. The largest absolute Gasteiger partial charge is 0.447 e. The van der Waals surface area contributed by atoms with Gasteiger partial charge in [-0.25, -0.2) is 0 Å². The first kappa shape index (κ1) is 18.8. The summed E-state index contributed by atoms with van der Waals surface area (Å²) in [5.41, 5.74) is 0.377. The number of carbonyl (C=O) groups is 2. The van der Waals surface area contributed by atoms with Crippen LogP contribution in [-0.4, -0.2) is 16.8 Å². The molecule has 0 unspecified atom stereocenters. The Kier molecular flexibility index (Phi) is 5.41. The fraction of sp³-hybridized carbons (Fsp3) is 0.263. The first-order valence-corrected chi connectivity index (χ1v) is 8.75. The molecule has 140 valence electrons. The Labute approximate surface area is 160 Å². The predicted molar refractivity (Wildman–Crippen MR) is 99.3 cm³/mol. The lowest BCUT2D eigenvalue weighted by atomic mass is 10.1. The Morgan fingerprint density at radius 3 is 2.52 bits per heavy atom. The number of halogens is 1. The van der Waals surface area contributed by atoms with Gasteiger partial charge in [-0.1, -0.05) is 48.9 Å². The standard InChI is InChI=1S/C19H17ClN2O5/c1-11-9-14(11)19(24)27-17(12-5-3-2-4-6-12)18(23)21-13-7-8-15(20)16(10-13)22(25)26/h2-8,10-11,14,17H,9H2,1H3,(H,21,23)/t11-,14-,17-/m1/s1. The number of ether oxygens (including phenoxy) is 1. The van der Waals surface area contributed by atoms with Gasteiger partial charge in [0, 0.05) is 17.3 Å². The van der Waals surface area contributed by atoms with Crippen LogP contribution in [0.2, 0.25) is 5.02 Å². The third-order valence-electron chi connectivity index (χ3n) is 4.40. The first-order chi connectivity index (χ1) is 12.9. The molecule has 0 bridgehead atoms. The predicted octanol–water partition coefficient (Wildman–Crippen LogP) is 4.13. The SMILES string of the molecule is C[C@@H]1C[C@H]1C(=O)O[C@@H](C(=O)Nc1ccc(Cl)c([N+](=O)[O-])c1)c1ccccc1. The Hall–Kier alpha value is -2.93. The molecule has 27 heavy (non-hydrogen) atoms. The normalized spacial score (nSPS) is 19.0. The maximum absolute atomic E-state index is 12.7. The summed E-state index contributed by atoms with van der Waals surface area (Å²) in [6, 6.07) is 12.5. The summed E-state index contributed by atoms with van der Waals surface area (Å²) >= 11 is 5.79. The van der Waals surface area contributed by atoms with Gasteiger partial charge < -0.3 is 10.1 Å². The summed E-state index contributed by atoms with van der Waals surface area (Å²) in [4.78, 5) is 35.4. The summed E-state index contributed by atoms with van der Waals surface area (Å²) < 4.78 is 5.46. The highest BCUT2D eigenvalue weighted by Crippen LogP contribution is 2.40. The average Bonchev–Trinajstić information content (AvgIpc) is 3.38. The lowest BCUT2D eigenvalue weighted by Crippen LogP contribution is -2.26. The second-order valence-corrected chi connectivity index (χ2v) is 6.87. The third-order valence-corrected chi connectivity index (χ3v) is 4.72. The van der Waals surface area contributed by atoms with Crippen LogP contribution in [0.4, 0.5) is 11.4 Å². The van der Waals surface area contributed by atoms with Gasteiger partial charge in [-0.2, -0.15) is 0 Å². The minimum Gasteiger partial charge on any atom is -0.447 e. The number of hydrogen-bond acceptors (Lipinski definition) is 5. The molecular weight excluding hydrogens is 372 g/mol. The molecule has 2 aromatic carbocycles. The van der Waals surface area contributed by atoms with Crippen molar-refractivity contribution >= 4 is 34.9 Å². The maximum Gasteiger partial charge on any atom is 0.310 e. The van der Waals surface area contributed by atoms with Gasteiger partial charge in [0.2, 0.25) is 6.10 Å². The molecule has 3 atom stereocenters. The molecule has 0 aliphatic heterocycles. The molecule has 1 amide bonds. The van der Waals surface area contributed by atoms with Crippen LogP contribution >= 0.6 is 11.6 Å². The maximum atomic E-state index is 12.7. The summed E-state index contributed by atoms with van der Waals surface area (Å²) in [5.74, 6) is -0.968. The first-order valence-electron chi connectivity index (χ1n) is 8.37. The molecule has 0 spiro atoms. The Morgan fingerprint density at radius 2 is 1.93 bits per heavy atom. The number of esters is 1. The van der Waals surface area contributed by atoms with Crippen LogP contribution in [0, 0.1) is 22.0 Å². The van der Waals surface area contributed by atoms with Crippen LogP contribution in [-0.2, 0) is 14.3 Å². The molecule has 7 nitrogen and oxygen atoms in total. The van der Waals surface area contributed by atoms with Crippen molar-refractivity contribution in [1.82, 2.24) is 0 Å². The molecule has 1 saturated carbocycles. The number of nitro groups is 1. The van der Waals surface area contributed by atoms with E-state index in [-0.39, 0.29) is 28.2 Å². The van der Waals surface area contributed by atoms with Gasteiger partial charge in [0.1, 0.15) is 5.02 Å². The number of nitrogens with zero attached hydrogens (tertiary/aromatic N) is 1. The molecule has 1 N–H and O–H groups in total. The summed E-state index contributed by atoms with van der Waals surface area (Å²) in [5, 5.41) is 13.5. The van der Waals surface area contributed by atoms with Crippen molar-refractivity contribution in [3.8, 4) is 0 Å². The number of hydrogen-bond donors (Lipinski definition) is 1. The smallest absolute Gasteiger partial charge is 0.310 e. The molecule has 0 radical (unpaired) electrons. The van der Waals surface area contributed by atoms with Gasteiger partial charge in [-0.15, -0.1) is 0 Å². The van der Waals surface area contributed by atoms with Crippen LogP contribution in [0.15, 0.2) is 48.5 Å². The molecular formula is C19H17ClN2O5. The van der Waals surface area contributed by atoms with E-state index >= 15 is 0 Å². The van der Waals surface area contributed by atoms with Crippen LogP contribution in [0.1, 0.15) is 25.0 Å². The highest BCUT2D eigenvalue weighted by molar-refractivity contribution is 6.32. The molecule has 1 aliphatic carbocycles. The molecule has 0 heterocycles. The van der Waals surface area contributed by atoms with Crippen LogP contribution in [0.3, 0.4) is 0 Å².